The number of aromatic nitrogens is 2. The first-order valence-electron chi connectivity index (χ1n) is 3.95. The minimum absolute atomic E-state index is 0.678. The Labute approximate surface area is 72.1 Å². The van der Waals surface area contributed by atoms with E-state index in [0.717, 1.165) is 18.2 Å². The monoisotopic (exact) mass is 171 g/mol. The predicted molar refractivity (Wildman–Crippen MR) is 44.5 cm³/mol. The smallest absolute Gasteiger partial charge is 0.372 e. The zero-order valence-electron chi connectivity index (χ0n) is 7.97. The van der Waals surface area contributed by atoms with Crippen LogP contribution < -0.4 is 14.0 Å². The third-order valence-corrected chi connectivity index (χ3v) is 1.85. The molecule has 0 saturated carbocycles. The number of imidazole rings is 1. The standard InChI is InChI=1S/C8H14N2O2/c1-5-10-6(2)9-7(11-3)8(10)12-4/h5H2,1-4H3/p+1. The lowest BCUT2D eigenvalue weighted by atomic mass is 10.6. The number of H-pyrrole nitrogens is 1. The number of aromatic amines is 1. The maximum Gasteiger partial charge on any atom is 0.372 e. The van der Waals surface area contributed by atoms with Crippen molar-refractivity contribution in [2.24, 2.45) is 0 Å². The summed E-state index contributed by atoms with van der Waals surface area (Å²) >= 11 is 0. The molecule has 0 amide bonds. The summed E-state index contributed by atoms with van der Waals surface area (Å²) in [5.41, 5.74) is 0. The molecule has 1 aromatic rings. The maximum absolute atomic E-state index is 5.19. The van der Waals surface area contributed by atoms with Gasteiger partial charge in [0, 0.05) is 6.92 Å². The Morgan fingerprint density at radius 3 is 2.42 bits per heavy atom. The number of nitrogens with one attached hydrogen (secondary N) is 1. The van der Waals surface area contributed by atoms with Crippen LogP contribution in [0.2, 0.25) is 0 Å². The average Bonchev–Trinajstić information content (AvgIpc) is 2.40. The number of hydrogen-bond donors (Lipinski definition) is 1. The molecule has 0 aliphatic carbocycles. The molecule has 0 atom stereocenters. The largest absolute Gasteiger partial charge is 0.460 e. The molecule has 0 radical (unpaired) electrons. The fraction of sp³-hybridized carbons (Fsp3) is 0.625. The lowest BCUT2D eigenvalue weighted by Crippen LogP contribution is -2.35. The van der Waals surface area contributed by atoms with Gasteiger partial charge in [0.25, 0.3) is 5.82 Å². The fourth-order valence-corrected chi connectivity index (χ4v) is 1.28. The molecule has 0 spiro atoms. The van der Waals surface area contributed by atoms with E-state index >= 15 is 0 Å². The van der Waals surface area contributed by atoms with Crippen molar-refractivity contribution < 1.29 is 14.0 Å². The van der Waals surface area contributed by atoms with Gasteiger partial charge in [0.05, 0.1) is 20.8 Å². The molecule has 0 aromatic carbocycles. The molecular weight excluding hydrogens is 156 g/mol. The molecule has 1 rings (SSSR count). The van der Waals surface area contributed by atoms with Crippen molar-refractivity contribution in [2.45, 2.75) is 20.4 Å². The Kier molecular flexibility index (Phi) is 2.58. The fourth-order valence-electron chi connectivity index (χ4n) is 1.28. The van der Waals surface area contributed by atoms with E-state index in [1.54, 1.807) is 14.2 Å². The summed E-state index contributed by atoms with van der Waals surface area (Å²) in [7, 11) is 3.26. The van der Waals surface area contributed by atoms with Crippen LogP contribution >= 0.6 is 0 Å². The van der Waals surface area contributed by atoms with Crippen LogP contribution in [0.15, 0.2) is 0 Å². The van der Waals surface area contributed by atoms with Crippen molar-refractivity contribution in [3.63, 3.8) is 0 Å². The van der Waals surface area contributed by atoms with Gasteiger partial charge in [-0.15, -0.1) is 0 Å². The lowest BCUT2D eigenvalue weighted by Gasteiger charge is -1.97. The van der Waals surface area contributed by atoms with Crippen LogP contribution in [0.25, 0.3) is 0 Å². The van der Waals surface area contributed by atoms with Gasteiger partial charge in [-0.1, -0.05) is 0 Å². The predicted octanol–water partition coefficient (Wildman–Crippen LogP) is 0.648. The van der Waals surface area contributed by atoms with Crippen molar-refractivity contribution in [3.8, 4) is 11.8 Å². The lowest BCUT2D eigenvalue weighted by molar-refractivity contribution is -0.702. The Hall–Kier alpha value is -1.19. The molecule has 12 heavy (non-hydrogen) atoms. The Bertz CT molecular complexity index is 268. The van der Waals surface area contributed by atoms with E-state index in [4.69, 9.17) is 9.47 Å². The highest BCUT2D eigenvalue weighted by molar-refractivity contribution is 5.20. The van der Waals surface area contributed by atoms with Crippen LogP contribution in [0.5, 0.6) is 11.8 Å². The summed E-state index contributed by atoms with van der Waals surface area (Å²) in [4.78, 5) is 3.08. The molecular formula is C8H15N2O2+. The van der Waals surface area contributed by atoms with E-state index in [-0.39, 0.29) is 0 Å². The van der Waals surface area contributed by atoms with Gasteiger partial charge in [-0.2, -0.15) is 4.57 Å². The van der Waals surface area contributed by atoms with Gasteiger partial charge in [-0.25, -0.2) is 4.98 Å². The second kappa shape index (κ2) is 3.47. The van der Waals surface area contributed by atoms with Crippen molar-refractivity contribution in [1.29, 1.82) is 0 Å². The van der Waals surface area contributed by atoms with Gasteiger partial charge in [0.1, 0.15) is 0 Å². The second-order valence-corrected chi connectivity index (χ2v) is 2.50. The first-order valence-corrected chi connectivity index (χ1v) is 3.95. The van der Waals surface area contributed by atoms with Gasteiger partial charge in [0.2, 0.25) is 0 Å². The Morgan fingerprint density at radius 2 is 2.00 bits per heavy atom. The molecule has 4 nitrogen and oxygen atoms in total. The molecule has 1 aromatic heterocycles. The topological polar surface area (TPSA) is 38.1 Å². The highest BCUT2D eigenvalue weighted by atomic mass is 16.5. The number of nitrogens with zero attached hydrogens (tertiary/aromatic N) is 1. The summed E-state index contributed by atoms with van der Waals surface area (Å²) in [6.07, 6.45) is 0. The van der Waals surface area contributed by atoms with Crippen molar-refractivity contribution in [2.75, 3.05) is 14.2 Å². The maximum atomic E-state index is 5.19. The van der Waals surface area contributed by atoms with Crippen LogP contribution in [-0.4, -0.2) is 19.2 Å². The summed E-state index contributed by atoms with van der Waals surface area (Å²) in [6, 6.07) is 0. The molecule has 0 aliphatic rings. The van der Waals surface area contributed by atoms with Crippen LogP contribution in [0.1, 0.15) is 12.7 Å². The second-order valence-electron chi connectivity index (χ2n) is 2.50. The zero-order valence-corrected chi connectivity index (χ0v) is 7.97. The van der Waals surface area contributed by atoms with Gasteiger partial charge < -0.3 is 9.47 Å². The molecule has 0 fully saturated rings. The van der Waals surface area contributed by atoms with Crippen molar-refractivity contribution >= 4 is 0 Å². The normalized spacial score (nSPS) is 10.0. The van der Waals surface area contributed by atoms with Crippen LogP contribution in [0.4, 0.5) is 0 Å². The molecule has 68 valence electrons. The van der Waals surface area contributed by atoms with Crippen LogP contribution in [0.3, 0.4) is 0 Å². The quantitative estimate of drug-likeness (QED) is 0.678. The van der Waals surface area contributed by atoms with Crippen LogP contribution in [0, 0.1) is 6.92 Å². The average molecular weight is 171 g/mol. The Balaban J connectivity index is 3.16. The first-order chi connectivity index (χ1) is 5.74. The van der Waals surface area contributed by atoms with E-state index in [1.165, 1.54) is 0 Å². The van der Waals surface area contributed by atoms with E-state index < -0.39 is 0 Å². The van der Waals surface area contributed by atoms with Gasteiger partial charge in [-0.3, -0.25) is 0 Å². The number of hydrogen-bond acceptors (Lipinski definition) is 2. The van der Waals surface area contributed by atoms with Gasteiger partial charge in [0.15, 0.2) is 0 Å². The molecule has 0 saturated heterocycles. The summed E-state index contributed by atoms with van der Waals surface area (Å²) in [5.74, 6) is 2.46. The number of rotatable bonds is 3. The minimum Gasteiger partial charge on any atom is -0.460 e. The third kappa shape index (κ3) is 1.24. The molecule has 0 unspecified atom stereocenters. The zero-order chi connectivity index (χ0) is 9.14. The third-order valence-electron chi connectivity index (χ3n) is 1.85. The Morgan fingerprint density at radius 1 is 1.33 bits per heavy atom. The molecule has 4 heteroatoms. The highest BCUT2D eigenvalue weighted by Gasteiger charge is 2.22. The van der Waals surface area contributed by atoms with E-state index in [9.17, 15) is 0 Å². The summed E-state index contributed by atoms with van der Waals surface area (Å²) in [5, 5.41) is 0. The minimum atomic E-state index is 0.678. The SMILES string of the molecule is CC[n+]1c(C)[nH]c(OC)c1OC. The highest BCUT2D eigenvalue weighted by Crippen LogP contribution is 2.20. The van der Waals surface area contributed by atoms with Gasteiger partial charge in [-0.05, 0) is 6.92 Å². The van der Waals surface area contributed by atoms with Crippen molar-refractivity contribution in [1.82, 2.24) is 4.98 Å². The van der Waals surface area contributed by atoms with Crippen molar-refractivity contribution in [3.05, 3.63) is 5.82 Å². The number of ether oxygens (including phenoxy) is 2. The van der Waals surface area contributed by atoms with E-state index in [2.05, 4.69) is 11.9 Å². The van der Waals surface area contributed by atoms with E-state index in [1.807, 2.05) is 11.5 Å². The molecule has 0 aliphatic heterocycles. The summed E-state index contributed by atoms with van der Waals surface area (Å²) < 4.78 is 12.3. The van der Waals surface area contributed by atoms with Gasteiger partial charge >= 0.3 is 11.8 Å². The molecule has 1 heterocycles. The number of aryl methyl sites for hydroxylation is 1. The molecule has 1 N–H and O–H groups in total. The summed E-state index contributed by atoms with van der Waals surface area (Å²) in [6.45, 7) is 4.91. The van der Waals surface area contributed by atoms with Crippen LogP contribution in [-0.2, 0) is 6.54 Å². The van der Waals surface area contributed by atoms with E-state index in [0.29, 0.717) is 5.88 Å². The number of methoxy groups -OCH3 is 2. The first kappa shape index (κ1) is 8.90. The molecule has 0 bridgehead atoms.